The van der Waals surface area contributed by atoms with E-state index in [1.807, 2.05) is 6.92 Å². The van der Waals surface area contributed by atoms with Crippen LogP contribution < -0.4 is 14.8 Å². The number of amides is 3. The average molecular weight is 641 g/mol. The number of rotatable bonds is 12. The summed E-state index contributed by atoms with van der Waals surface area (Å²) in [5, 5.41) is 12.9. The SMILES string of the molecule is CCCCOC(=O)c1cc(NC(=O)CN2C(=O)S/C(=C/c3ccc(Oc4ccc([N+](=O)[O-])cn4)c(OC)c3)C2=O)ccc1Cl. The minimum Gasteiger partial charge on any atom is -0.493 e. The lowest BCUT2D eigenvalue weighted by Crippen LogP contribution is -2.36. The fraction of sp³-hybridized carbons (Fsp3) is 0.207. The van der Waals surface area contributed by atoms with Crippen molar-refractivity contribution in [2.75, 3.05) is 25.6 Å². The molecule has 15 heteroatoms. The van der Waals surface area contributed by atoms with E-state index in [0.29, 0.717) is 23.7 Å². The number of esters is 1. The first-order chi connectivity index (χ1) is 21.1. The van der Waals surface area contributed by atoms with Crippen LogP contribution in [0.1, 0.15) is 35.7 Å². The summed E-state index contributed by atoms with van der Waals surface area (Å²) in [4.78, 5) is 65.7. The highest BCUT2D eigenvalue weighted by Gasteiger charge is 2.36. The second kappa shape index (κ2) is 14.5. The van der Waals surface area contributed by atoms with Gasteiger partial charge in [-0.3, -0.25) is 29.4 Å². The van der Waals surface area contributed by atoms with E-state index in [4.69, 9.17) is 25.8 Å². The third kappa shape index (κ3) is 7.90. The predicted molar refractivity (Wildman–Crippen MR) is 162 cm³/mol. The third-order valence-electron chi connectivity index (χ3n) is 6.01. The summed E-state index contributed by atoms with van der Waals surface area (Å²) in [6.07, 6.45) is 4.07. The number of anilines is 1. The van der Waals surface area contributed by atoms with Crippen LogP contribution in [0.15, 0.2) is 59.6 Å². The van der Waals surface area contributed by atoms with Crippen LogP contribution in [0, 0.1) is 10.1 Å². The van der Waals surface area contributed by atoms with Crippen molar-refractivity contribution in [3.63, 3.8) is 0 Å². The van der Waals surface area contributed by atoms with Gasteiger partial charge in [0.05, 0.1) is 34.1 Å². The first kappa shape index (κ1) is 32.0. The van der Waals surface area contributed by atoms with Crippen molar-refractivity contribution in [3.8, 4) is 17.4 Å². The fourth-order valence-electron chi connectivity index (χ4n) is 3.79. The topological polar surface area (TPSA) is 167 Å². The number of imide groups is 1. The fourth-order valence-corrected chi connectivity index (χ4v) is 4.82. The standard InChI is InChI=1S/C29H25ClN4O9S/c1-3-4-11-42-28(37)20-14-18(6-8-21(20)30)32-25(35)16-33-27(36)24(44-29(33)38)13-17-5-9-22(23(12-17)41-2)43-26-10-7-19(15-31-26)34(39)40/h5-10,12-15H,3-4,11,16H2,1-2H3,(H,32,35)/b24-13+. The summed E-state index contributed by atoms with van der Waals surface area (Å²) >= 11 is 6.79. The Morgan fingerprint density at radius 3 is 2.61 bits per heavy atom. The molecule has 1 aliphatic rings. The van der Waals surface area contributed by atoms with Crippen LogP contribution in [-0.2, 0) is 14.3 Å². The highest BCUT2D eigenvalue weighted by Crippen LogP contribution is 2.36. The van der Waals surface area contributed by atoms with Gasteiger partial charge in [0.1, 0.15) is 12.7 Å². The summed E-state index contributed by atoms with van der Waals surface area (Å²) in [7, 11) is 1.40. The van der Waals surface area contributed by atoms with Crippen molar-refractivity contribution in [1.29, 1.82) is 0 Å². The van der Waals surface area contributed by atoms with Gasteiger partial charge in [-0.2, -0.15) is 0 Å². The van der Waals surface area contributed by atoms with Gasteiger partial charge in [0.25, 0.3) is 16.8 Å². The third-order valence-corrected chi connectivity index (χ3v) is 7.24. The van der Waals surface area contributed by atoms with Gasteiger partial charge < -0.3 is 19.5 Å². The Kier molecular flexibility index (Phi) is 10.5. The minimum atomic E-state index is -0.666. The van der Waals surface area contributed by atoms with Crippen LogP contribution in [-0.4, -0.2) is 58.1 Å². The van der Waals surface area contributed by atoms with Crippen molar-refractivity contribution in [1.82, 2.24) is 9.88 Å². The number of hydrogen-bond donors (Lipinski definition) is 1. The monoisotopic (exact) mass is 640 g/mol. The van der Waals surface area contributed by atoms with Crippen molar-refractivity contribution in [3.05, 3.63) is 85.9 Å². The smallest absolute Gasteiger partial charge is 0.339 e. The number of pyridine rings is 1. The molecular weight excluding hydrogens is 616 g/mol. The molecule has 0 saturated carbocycles. The van der Waals surface area contributed by atoms with Gasteiger partial charge in [0.2, 0.25) is 11.8 Å². The quantitative estimate of drug-likeness (QED) is 0.0801. The van der Waals surface area contributed by atoms with E-state index in [-0.39, 0.29) is 50.9 Å². The van der Waals surface area contributed by atoms with Crippen LogP contribution >= 0.6 is 23.4 Å². The summed E-state index contributed by atoms with van der Waals surface area (Å²) in [6, 6.07) is 11.6. The Labute approximate surface area is 260 Å². The lowest BCUT2D eigenvalue weighted by atomic mass is 10.2. The second-order valence-electron chi connectivity index (χ2n) is 9.12. The molecule has 0 radical (unpaired) electrons. The number of nitro groups is 1. The van der Waals surface area contributed by atoms with E-state index < -0.39 is 34.5 Å². The van der Waals surface area contributed by atoms with Gasteiger partial charge in [0.15, 0.2) is 11.5 Å². The van der Waals surface area contributed by atoms with Gasteiger partial charge in [-0.1, -0.05) is 31.0 Å². The van der Waals surface area contributed by atoms with Crippen molar-refractivity contribution in [2.45, 2.75) is 19.8 Å². The number of halogens is 1. The maximum atomic E-state index is 13.0. The molecule has 44 heavy (non-hydrogen) atoms. The summed E-state index contributed by atoms with van der Waals surface area (Å²) in [5.74, 6) is -1.33. The first-order valence-corrected chi connectivity index (χ1v) is 14.3. The predicted octanol–water partition coefficient (Wildman–Crippen LogP) is 6.08. The maximum absolute atomic E-state index is 13.0. The van der Waals surface area contributed by atoms with Gasteiger partial charge in [-0.05, 0) is 60.2 Å². The number of nitrogens with one attached hydrogen (secondary N) is 1. The Morgan fingerprint density at radius 1 is 1.14 bits per heavy atom. The highest BCUT2D eigenvalue weighted by atomic mass is 35.5. The molecule has 13 nitrogen and oxygen atoms in total. The molecule has 1 aromatic heterocycles. The number of carbonyl (C=O) groups excluding carboxylic acids is 4. The molecule has 1 saturated heterocycles. The van der Waals surface area contributed by atoms with E-state index >= 15 is 0 Å². The van der Waals surface area contributed by atoms with Crippen molar-refractivity contribution < 1.29 is 38.3 Å². The number of thioether (sulfide) groups is 1. The highest BCUT2D eigenvalue weighted by molar-refractivity contribution is 8.18. The molecule has 0 bridgehead atoms. The number of nitrogens with zero attached hydrogens (tertiary/aromatic N) is 3. The van der Waals surface area contributed by atoms with E-state index in [2.05, 4.69) is 10.3 Å². The van der Waals surface area contributed by atoms with E-state index in [1.165, 1.54) is 43.5 Å². The molecule has 0 atom stereocenters. The number of methoxy groups -OCH3 is 1. The molecule has 2 heterocycles. The number of unbranched alkanes of at least 4 members (excludes halogenated alkanes) is 1. The molecule has 1 N–H and O–H groups in total. The van der Waals surface area contributed by atoms with Gasteiger partial charge >= 0.3 is 5.97 Å². The van der Waals surface area contributed by atoms with Crippen molar-refractivity contribution >= 4 is 63.8 Å². The second-order valence-corrected chi connectivity index (χ2v) is 10.5. The zero-order valence-electron chi connectivity index (χ0n) is 23.4. The maximum Gasteiger partial charge on any atom is 0.339 e. The summed E-state index contributed by atoms with van der Waals surface area (Å²) < 4.78 is 16.2. The largest absolute Gasteiger partial charge is 0.493 e. The van der Waals surface area contributed by atoms with Gasteiger partial charge in [-0.15, -0.1) is 0 Å². The van der Waals surface area contributed by atoms with E-state index in [0.717, 1.165) is 17.5 Å². The molecule has 2 aromatic carbocycles. The Balaban J connectivity index is 1.41. The molecule has 4 rings (SSSR count). The zero-order chi connectivity index (χ0) is 31.8. The number of hydrogen-bond acceptors (Lipinski definition) is 11. The first-order valence-electron chi connectivity index (χ1n) is 13.1. The number of carbonyl (C=O) groups is 4. The van der Waals surface area contributed by atoms with E-state index in [9.17, 15) is 29.3 Å². The lowest BCUT2D eigenvalue weighted by molar-refractivity contribution is -0.385. The van der Waals surface area contributed by atoms with Crippen LogP contribution in [0.3, 0.4) is 0 Å². The summed E-state index contributed by atoms with van der Waals surface area (Å²) in [5.41, 5.74) is 0.624. The number of aromatic nitrogens is 1. The molecule has 228 valence electrons. The zero-order valence-corrected chi connectivity index (χ0v) is 25.0. The van der Waals surface area contributed by atoms with Crippen LogP contribution in [0.2, 0.25) is 5.02 Å². The van der Waals surface area contributed by atoms with Gasteiger partial charge in [0, 0.05) is 17.8 Å². The Morgan fingerprint density at radius 2 is 1.93 bits per heavy atom. The molecule has 3 aromatic rings. The molecule has 1 fully saturated rings. The number of benzene rings is 2. The summed E-state index contributed by atoms with van der Waals surface area (Å²) in [6.45, 7) is 1.64. The lowest BCUT2D eigenvalue weighted by Gasteiger charge is -2.13. The molecular formula is C29H25ClN4O9S. The van der Waals surface area contributed by atoms with Crippen LogP contribution in [0.4, 0.5) is 16.2 Å². The Hall–Kier alpha value is -4.95. The van der Waals surface area contributed by atoms with Crippen LogP contribution in [0.25, 0.3) is 6.08 Å². The molecule has 0 spiro atoms. The Bertz CT molecular complexity index is 1650. The molecule has 0 unspecified atom stereocenters. The van der Waals surface area contributed by atoms with E-state index in [1.54, 1.807) is 18.2 Å². The number of ether oxygens (including phenoxy) is 3. The minimum absolute atomic E-state index is 0.0746. The average Bonchev–Trinajstić information content (AvgIpc) is 3.26. The molecule has 1 aliphatic heterocycles. The van der Waals surface area contributed by atoms with Crippen LogP contribution in [0.5, 0.6) is 17.4 Å². The normalized spacial score (nSPS) is 13.6. The van der Waals surface area contributed by atoms with Gasteiger partial charge in [-0.25, -0.2) is 9.78 Å². The van der Waals surface area contributed by atoms with Crippen molar-refractivity contribution in [2.24, 2.45) is 0 Å². The molecule has 0 aliphatic carbocycles. The molecule has 3 amide bonds.